The lowest BCUT2D eigenvalue weighted by Gasteiger charge is -2.26. The van der Waals surface area contributed by atoms with E-state index >= 15 is 0 Å². The Morgan fingerprint density at radius 1 is 0.889 bits per heavy atom. The van der Waals surface area contributed by atoms with E-state index < -0.39 is 40.3 Å². The Bertz CT molecular complexity index is 1670. The van der Waals surface area contributed by atoms with Gasteiger partial charge in [-0.05, 0) is 35.9 Å². The number of carbonyl (C=O) groups excluding carboxylic acids is 1. The number of halogens is 1. The third-order valence-electron chi connectivity index (χ3n) is 6.16. The quantitative estimate of drug-likeness (QED) is 0.176. The van der Waals surface area contributed by atoms with Crippen molar-refractivity contribution < 1.29 is 43.8 Å². The summed E-state index contributed by atoms with van der Waals surface area (Å²) in [7, 11) is 0. The Balaban J connectivity index is 1.66. The number of esters is 1. The third kappa shape index (κ3) is 3.18. The number of aromatic hydroxyl groups is 4. The van der Waals surface area contributed by atoms with Gasteiger partial charge in [0.15, 0.2) is 28.8 Å². The van der Waals surface area contributed by atoms with Gasteiger partial charge in [0, 0.05) is 23.1 Å². The fourth-order valence-electron chi connectivity index (χ4n) is 4.52. The molecule has 0 radical (unpaired) electrons. The number of carbonyl (C=O) groups is 1. The first-order valence-corrected chi connectivity index (χ1v) is 11.0. The van der Waals surface area contributed by atoms with Gasteiger partial charge >= 0.3 is 5.97 Å². The van der Waals surface area contributed by atoms with Crippen LogP contribution in [0.2, 0.25) is 5.02 Å². The number of hydrogen-bond acceptors (Lipinski definition) is 10. The fourth-order valence-corrected chi connectivity index (χ4v) is 4.79. The molecule has 182 valence electrons. The van der Waals surface area contributed by atoms with E-state index in [1.165, 1.54) is 6.07 Å². The summed E-state index contributed by atoms with van der Waals surface area (Å²) in [4.78, 5) is 25.6. The molecule has 11 heteroatoms. The standard InChI is InChI=1S/C25H15ClO10/c26-12-3-10(5-17-24(12)34-8-33-17)11-6-18(30)35-16-7-15(29)20-21(31)22(32)23(36-25(20)19(11)16)9-1-2-13(27)14(28)4-9/h1-5,7,11,27-29,32H,6,8H2. The van der Waals surface area contributed by atoms with Crippen LogP contribution in [0.4, 0.5) is 0 Å². The molecular weight excluding hydrogens is 496 g/mol. The summed E-state index contributed by atoms with van der Waals surface area (Å²) < 4.78 is 22.1. The van der Waals surface area contributed by atoms with E-state index in [1.54, 1.807) is 12.1 Å². The van der Waals surface area contributed by atoms with Crippen molar-refractivity contribution in [3.8, 4) is 51.6 Å². The number of benzene rings is 3. The summed E-state index contributed by atoms with van der Waals surface area (Å²) in [5.74, 6) is -3.25. The molecule has 0 aliphatic carbocycles. The Kier molecular flexibility index (Phi) is 4.70. The van der Waals surface area contributed by atoms with E-state index in [-0.39, 0.29) is 51.8 Å². The maximum atomic E-state index is 13.1. The highest BCUT2D eigenvalue weighted by Crippen LogP contribution is 2.50. The van der Waals surface area contributed by atoms with Crippen LogP contribution in [0, 0.1) is 0 Å². The molecule has 0 saturated carbocycles. The lowest BCUT2D eigenvalue weighted by molar-refractivity contribution is -0.135. The van der Waals surface area contributed by atoms with Crippen molar-refractivity contribution in [2.24, 2.45) is 0 Å². The van der Waals surface area contributed by atoms with E-state index in [2.05, 4.69) is 0 Å². The topological polar surface area (TPSA) is 156 Å². The molecule has 0 spiro atoms. The number of phenols is 3. The number of rotatable bonds is 2. The first-order chi connectivity index (χ1) is 17.2. The van der Waals surface area contributed by atoms with Gasteiger partial charge in [0.25, 0.3) is 0 Å². The molecule has 3 aromatic carbocycles. The molecule has 1 aromatic heterocycles. The molecule has 4 N–H and O–H groups in total. The zero-order chi connectivity index (χ0) is 25.3. The summed E-state index contributed by atoms with van der Waals surface area (Å²) in [6.07, 6.45) is -0.150. The average molecular weight is 511 g/mol. The minimum atomic E-state index is -0.946. The zero-order valence-corrected chi connectivity index (χ0v) is 18.8. The molecule has 2 aliphatic heterocycles. The van der Waals surface area contributed by atoms with Gasteiger partial charge in [-0.3, -0.25) is 9.59 Å². The molecule has 1 atom stereocenters. The van der Waals surface area contributed by atoms with Crippen molar-refractivity contribution in [1.29, 1.82) is 0 Å². The summed E-state index contributed by atoms with van der Waals surface area (Å²) in [6.45, 7) is -0.0183. The highest BCUT2D eigenvalue weighted by atomic mass is 35.5. The van der Waals surface area contributed by atoms with E-state index in [9.17, 15) is 30.0 Å². The Hall–Kier alpha value is -4.57. The number of ether oxygens (including phenoxy) is 3. The Labute approximate surface area is 206 Å². The Morgan fingerprint density at radius 3 is 2.47 bits per heavy atom. The van der Waals surface area contributed by atoms with Crippen molar-refractivity contribution in [2.45, 2.75) is 12.3 Å². The second-order valence-corrected chi connectivity index (χ2v) is 8.70. The summed E-state index contributed by atoms with van der Waals surface area (Å²) >= 11 is 6.37. The number of phenolic OH excluding ortho intramolecular Hbond substituents is 3. The predicted octanol–water partition coefficient (Wildman–Crippen LogP) is 4.11. The van der Waals surface area contributed by atoms with Crippen LogP contribution in [0.1, 0.15) is 23.5 Å². The lowest BCUT2D eigenvalue weighted by Crippen LogP contribution is -2.22. The Morgan fingerprint density at radius 2 is 1.69 bits per heavy atom. The minimum Gasteiger partial charge on any atom is -0.507 e. The molecule has 0 saturated heterocycles. The lowest BCUT2D eigenvalue weighted by atomic mass is 9.85. The highest BCUT2D eigenvalue weighted by molar-refractivity contribution is 6.32. The van der Waals surface area contributed by atoms with Crippen LogP contribution in [0.25, 0.3) is 22.3 Å². The van der Waals surface area contributed by atoms with Gasteiger partial charge in [0.05, 0.1) is 11.4 Å². The highest BCUT2D eigenvalue weighted by Gasteiger charge is 2.35. The van der Waals surface area contributed by atoms with E-state index in [0.717, 1.165) is 18.2 Å². The molecule has 10 nitrogen and oxygen atoms in total. The van der Waals surface area contributed by atoms with Crippen LogP contribution in [0.5, 0.6) is 40.2 Å². The molecule has 6 rings (SSSR count). The predicted molar refractivity (Wildman–Crippen MR) is 124 cm³/mol. The number of fused-ring (bicyclic) bond motifs is 4. The maximum Gasteiger partial charge on any atom is 0.312 e. The molecule has 1 unspecified atom stereocenters. The van der Waals surface area contributed by atoms with Crippen molar-refractivity contribution in [2.75, 3.05) is 6.79 Å². The fraction of sp³-hybridized carbons (Fsp3) is 0.120. The summed E-state index contributed by atoms with van der Waals surface area (Å²) in [6, 6.07) is 7.94. The van der Waals surface area contributed by atoms with Gasteiger partial charge in [0.2, 0.25) is 18.0 Å². The van der Waals surface area contributed by atoms with E-state index in [1.807, 2.05) is 0 Å². The van der Waals surface area contributed by atoms with Crippen LogP contribution < -0.4 is 19.6 Å². The van der Waals surface area contributed by atoms with Crippen molar-refractivity contribution in [3.63, 3.8) is 0 Å². The largest absolute Gasteiger partial charge is 0.507 e. The summed E-state index contributed by atoms with van der Waals surface area (Å²) in [5, 5.41) is 40.7. The van der Waals surface area contributed by atoms with Gasteiger partial charge in [-0.2, -0.15) is 0 Å². The van der Waals surface area contributed by atoms with E-state index in [4.69, 9.17) is 30.2 Å². The molecule has 36 heavy (non-hydrogen) atoms. The maximum absolute atomic E-state index is 13.1. The van der Waals surface area contributed by atoms with Gasteiger partial charge in [-0.1, -0.05) is 11.6 Å². The number of hydrogen-bond donors (Lipinski definition) is 4. The molecule has 0 fully saturated rings. The van der Waals surface area contributed by atoms with Crippen molar-refractivity contribution in [1.82, 2.24) is 0 Å². The smallest absolute Gasteiger partial charge is 0.312 e. The van der Waals surface area contributed by atoms with Crippen LogP contribution in [-0.2, 0) is 4.79 Å². The first-order valence-electron chi connectivity index (χ1n) is 10.6. The van der Waals surface area contributed by atoms with Gasteiger partial charge < -0.3 is 39.1 Å². The van der Waals surface area contributed by atoms with Crippen LogP contribution in [-0.4, -0.2) is 33.2 Å². The SMILES string of the molecule is O=C1CC(c2cc(Cl)c3c(c2)OCO3)c2c(cc(O)c3c(=O)c(O)c(-c4ccc(O)c(O)c4)oc23)O1. The summed E-state index contributed by atoms with van der Waals surface area (Å²) in [5.41, 5.74) is -0.207. The van der Waals surface area contributed by atoms with Crippen LogP contribution >= 0.6 is 11.6 Å². The normalized spacial score (nSPS) is 16.1. The molecule has 4 aromatic rings. The zero-order valence-electron chi connectivity index (χ0n) is 18.1. The van der Waals surface area contributed by atoms with Gasteiger partial charge in [-0.15, -0.1) is 0 Å². The average Bonchev–Trinajstić information content (AvgIpc) is 3.31. The second kappa shape index (κ2) is 7.72. The van der Waals surface area contributed by atoms with Crippen molar-refractivity contribution >= 4 is 28.5 Å². The van der Waals surface area contributed by atoms with Crippen LogP contribution in [0.3, 0.4) is 0 Å². The van der Waals surface area contributed by atoms with Gasteiger partial charge in [-0.25, -0.2) is 0 Å². The molecular formula is C25H15ClO10. The molecule has 0 amide bonds. The monoisotopic (exact) mass is 510 g/mol. The first kappa shape index (κ1) is 21.9. The molecule has 0 bridgehead atoms. The van der Waals surface area contributed by atoms with Crippen LogP contribution in [0.15, 0.2) is 45.6 Å². The second-order valence-electron chi connectivity index (χ2n) is 8.29. The van der Waals surface area contributed by atoms with Gasteiger partial charge in [0.1, 0.15) is 22.5 Å². The molecule has 3 heterocycles. The molecule has 2 aliphatic rings. The minimum absolute atomic E-state index is 0.0183. The van der Waals surface area contributed by atoms with Crippen molar-refractivity contribution in [3.05, 3.63) is 62.8 Å². The van der Waals surface area contributed by atoms with E-state index in [0.29, 0.717) is 17.1 Å². The third-order valence-corrected chi connectivity index (χ3v) is 6.44.